The smallest absolute Gasteiger partial charge is 0.237 e. The zero-order valence-electron chi connectivity index (χ0n) is 11.1. The van der Waals surface area contributed by atoms with Crippen LogP contribution in [0.25, 0.3) is 0 Å². The molecule has 0 aliphatic heterocycles. The summed E-state index contributed by atoms with van der Waals surface area (Å²) in [4.78, 5) is 11.8. The second-order valence-electron chi connectivity index (χ2n) is 4.47. The summed E-state index contributed by atoms with van der Waals surface area (Å²) >= 11 is 1.67. The number of nitrogens with two attached hydrogens (primary N) is 1. The summed E-state index contributed by atoms with van der Waals surface area (Å²) in [5.41, 5.74) is 8.24. The van der Waals surface area contributed by atoms with Crippen molar-refractivity contribution in [3.8, 4) is 0 Å². The number of nitrogens with one attached hydrogen (secondary N) is 1. The van der Waals surface area contributed by atoms with Crippen molar-refractivity contribution in [2.24, 2.45) is 5.73 Å². The molecule has 1 atom stereocenters. The number of hydrogen-bond acceptors (Lipinski definition) is 3. The third-order valence-corrected chi connectivity index (χ3v) is 3.66. The van der Waals surface area contributed by atoms with Crippen molar-refractivity contribution < 1.29 is 4.79 Å². The molecule has 0 spiro atoms. The number of carbonyl (C=O) groups is 1. The zero-order valence-corrected chi connectivity index (χ0v) is 12.8. The van der Waals surface area contributed by atoms with E-state index in [4.69, 9.17) is 5.73 Å². The maximum Gasteiger partial charge on any atom is 0.237 e. The SMILES string of the molecule is Cl.NC(Cc1ccccc1)C(=O)NCCc1ccsc1. The minimum absolute atomic E-state index is 0. The Morgan fingerprint density at radius 2 is 1.95 bits per heavy atom. The molecule has 108 valence electrons. The number of amides is 1. The third kappa shape index (κ3) is 5.33. The molecule has 0 radical (unpaired) electrons. The summed E-state index contributed by atoms with van der Waals surface area (Å²) in [6.07, 6.45) is 1.43. The van der Waals surface area contributed by atoms with Crippen molar-refractivity contribution in [3.05, 3.63) is 58.3 Å². The average molecular weight is 311 g/mol. The van der Waals surface area contributed by atoms with Crippen LogP contribution in [-0.4, -0.2) is 18.5 Å². The summed E-state index contributed by atoms with van der Waals surface area (Å²) in [5.74, 6) is -0.0842. The van der Waals surface area contributed by atoms with E-state index in [0.717, 1.165) is 12.0 Å². The lowest BCUT2D eigenvalue weighted by Gasteiger charge is -2.12. The molecule has 0 saturated heterocycles. The lowest BCUT2D eigenvalue weighted by Crippen LogP contribution is -2.42. The van der Waals surface area contributed by atoms with Gasteiger partial charge in [-0.05, 0) is 40.8 Å². The highest BCUT2D eigenvalue weighted by molar-refractivity contribution is 7.07. The van der Waals surface area contributed by atoms with E-state index in [-0.39, 0.29) is 18.3 Å². The maximum absolute atomic E-state index is 11.8. The van der Waals surface area contributed by atoms with Crippen LogP contribution < -0.4 is 11.1 Å². The molecule has 0 aliphatic rings. The van der Waals surface area contributed by atoms with Gasteiger partial charge in [0.25, 0.3) is 0 Å². The van der Waals surface area contributed by atoms with Crippen molar-refractivity contribution in [3.63, 3.8) is 0 Å². The molecule has 2 rings (SSSR count). The van der Waals surface area contributed by atoms with Crippen LogP contribution in [0.15, 0.2) is 47.2 Å². The highest BCUT2D eigenvalue weighted by Crippen LogP contribution is 2.06. The van der Waals surface area contributed by atoms with Crippen LogP contribution in [0.4, 0.5) is 0 Å². The molecule has 0 fully saturated rings. The maximum atomic E-state index is 11.8. The first-order chi connectivity index (χ1) is 9.25. The molecule has 20 heavy (non-hydrogen) atoms. The molecule has 1 heterocycles. The van der Waals surface area contributed by atoms with Gasteiger partial charge < -0.3 is 11.1 Å². The van der Waals surface area contributed by atoms with Gasteiger partial charge in [-0.15, -0.1) is 12.4 Å². The van der Waals surface area contributed by atoms with E-state index in [0.29, 0.717) is 13.0 Å². The van der Waals surface area contributed by atoms with Gasteiger partial charge in [-0.25, -0.2) is 0 Å². The molecule has 3 nitrogen and oxygen atoms in total. The summed E-state index contributed by atoms with van der Waals surface area (Å²) in [5, 5.41) is 7.01. The van der Waals surface area contributed by atoms with E-state index in [1.165, 1.54) is 5.56 Å². The minimum Gasteiger partial charge on any atom is -0.354 e. The van der Waals surface area contributed by atoms with Crippen molar-refractivity contribution in [1.82, 2.24) is 5.32 Å². The van der Waals surface area contributed by atoms with Crippen LogP contribution >= 0.6 is 23.7 Å². The first kappa shape index (κ1) is 16.7. The molecule has 1 aromatic carbocycles. The van der Waals surface area contributed by atoms with Gasteiger partial charge in [-0.1, -0.05) is 30.3 Å². The van der Waals surface area contributed by atoms with Gasteiger partial charge >= 0.3 is 0 Å². The van der Waals surface area contributed by atoms with Gasteiger partial charge in [-0.3, -0.25) is 4.79 Å². The fraction of sp³-hybridized carbons (Fsp3) is 0.267. The van der Waals surface area contributed by atoms with E-state index in [1.54, 1.807) is 11.3 Å². The van der Waals surface area contributed by atoms with E-state index in [1.807, 2.05) is 35.7 Å². The van der Waals surface area contributed by atoms with Crippen molar-refractivity contribution in [2.75, 3.05) is 6.54 Å². The average Bonchev–Trinajstić information content (AvgIpc) is 2.93. The van der Waals surface area contributed by atoms with Crippen molar-refractivity contribution in [1.29, 1.82) is 0 Å². The van der Waals surface area contributed by atoms with Crippen molar-refractivity contribution in [2.45, 2.75) is 18.9 Å². The van der Waals surface area contributed by atoms with Crippen LogP contribution in [0.3, 0.4) is 0 Å². The summed E-state index contributed by atoms with van der Waals surface area (Å²) < 4.78 is 0. The first-order valence-corrected chi connectivity index (χ1v) is 7.28. The number of benzene rings is 1. The largest absolute Gasteiger partial charge is 0.354 e. The van der Waals surface area contributed by atoms with Crippen LogP contribution in [0.5, 0.6) is 0 Å². The predicted molar refractivity (Wildman–Crippen MR) is 86.4 cm³/mol. The van der Waals surface area contributed by atoms with Crippen LogP contribution in [0.1, 0.15) is 11.1 Å². The number of hydrogen-bond donors (Lipinski definition) is 2. The van der Waals surface area contributed by atoms with Gasteiger partial charge in [0, 0.05) is 6.54 Å². The van der Waals surface area contributed by atoms with E-state index >= 15 is 0 Å². The van der Waals surface area contributed by atoms with E-state index in [2.05, 4.69) is 16.8 Å². The van der Waals surface area contributed by atoms with Gasteiger partial charge in [0.2, 0.25) is 5.91 Å². The minimum atomic E-state index is -0.482. The normalized spacial score (nSPS) is 11.4. The molecule has 1 unspecified atom stereocenters. The second kappa shape index (κ2) is 8.74. The van der Waals surface area contributed by atoms with Gasteiger partial charge in [0.1, 0.15) is 0 Å². The van der Waals surface area contributed by atoms with Gasteiger partial charge in [0.15, 0.2) is 0 Å². The van der Waals surface area contributed by atoms with Crippen molar-refractivity contribution >= 4 is 29.7 Å². The molecule has 0 bridgehead atoms. The third-order valence-electron chi connectivity index (χ3n) is 2.93. The highest BCUT2D eigenvalue weighted by Gasteiger charge is 2.13. The molecule has 0 aliphatic carbocycles. The summed E-state index contributed by atoms with van der Waals surface area (Å²) in [6.45, 7) is 0.637. The fourth-order valence-electron chi connectivity index (χ4n) is 1.86. The quantitative estimate of drug-likeness (QED) is 0.861. The Kier molecular flexibility index (Phi) is 7.30. The Labute approximate surface area is 129 Å². The van der Waals surface area contributed by atoms with Crippen LogP contribution in [-0.2, 0) is 17.6 Å². The second-order valence-corrected chi connectivity index (χ2v) is 5.25. The highest BCUT2D eigenvalue weighted by atomic mass is 35.5. The van der Waals surface area contributed by atoms with Crippen LogP contribution in [0, 0.1) is 0 Å². The summed E-state index contributed by atoms with van der Waals surface area (Å²) in [6, 6.07) is 11.4. The molecular weight excluding hydrogens is 292 g/mol. The molecular formula is C15H19ClN2OS. The molecule has 1 amide bonds. The predicted octanol–water partition coefficient (Wildman–Crippen LogP) is 2.40. The lowest BCUT2D eigenvalue weighted by molar-refractivity contribution is -0.122. The molecule has 1 aromatic heterocycles. The summed E-state index contributed by atoms with van der Waals surface area (Å²) in [7, 11) is 0. The fourth-order valence-corrected chi connectivity index (χ4v) is 2.56. The van der Waals surface area contributed by atoms with Gasteiger partial charge in [-0.2, -0.15) is 11.3 Å². The monoisotopic (exact) mass is 310 g/mol. The first-order valence-electron chi connectivity index (χ1n) is 6.34. The molecule has 3 N–H and O–H groups in total. The van der Waals surface area contributed by atoms with E-state index in [9.17, 15) is 4.79 Å². The standard InChI is InChI=1S/C15H18N2OS.ClH/c16-14(10-12-4-2-1-3-5-12)15(18)17-8-6-13-7-9-19-11-13;/h1-5,7,9,11,14H,6,8,10,16H2,(H,17,18);1H. The topological polar surface area (TPSA) is 55.1 Å². The zero-order chi connectivity index (χ0) is 13.5. The molecule has 0 saturated carbocycles. The molecule has 5 heteroatoms. The Morgan fingerprint density at radius 1 is 1.20 bits per heavy atom. The van der Waals surface area contributed by atoms with E-state index < -0.39 is 6.04 Å². The Morgan fingerprint density at radius 3 is 2.60 bits per heavy atom. The lowest BCUT2D eigenvalue weighted by atomic mass is 10.1. The van der Waals surface area contributed by atoms with Crippen LogP contribution in [0.2, 0.25) is 0 Å². The Hall–Kier alpha value is -1.36. The number of thiophene rings is 1. The number of carbonyl (C=O) groups excluding carboxylic acids is 1. The number of rotatable bonds is 6. The Bertz CT molecular complexity index is 502. The van der Waals surface area contributed by atoms with Gasteiger partial charge in [0.05, 0.1) is 6.04 Å². The molecule has 2 aromatic rings. The Balaban J connectivity index is 0.00000200. The number of halogens is 1.